The molecule has 140 valence electrons. The van der Waals surface area contributed by atoms with E-state index in [1.807, 2.05) is 0 Å². The molecule has 2 aliphatic rings. The van der Waals surface area contributed by atoms with Gasteiger partial charge in [-0.2, -0.15) is 0 Å². The molecule has 7 nitrogen and oxygen atoms in total. The molecule has 0 aromatic heterocycles. The molecule has 3 rings (SSSR count). The first-order chi connectivity index (χ1) is 12.4. The number of fused-ring (bicyclic) bond motifs is 1. The maximum atomic E-state index is 13.4. The molecule has 0 saturated carbocycles. The van der Waals surface area contributed by atoms with Crippen LogP contribution in [0.4, 0.5) is 10.1 Å². The maximum Gasteiger partial charge on any atom is 0.306 e. The Kier molecular flexibility index (Phi) is 5.51. The highest BCUT2D eigenvalue weighted by atomic mass is 19.1. The average molecular weight is 364 g/mol. The molecule has 8 heteroatoms. The van der Waals surface area contributed by atoms with Crippen LogP contribution >= 0.6 is 0 Å². The van der Waals surface area contributed by atoms with Gasteiger partial charge in [0.05, 0.1) is 19.1 Å². The van der Waals surface area contributed by atoms with Crippen molar-refractivity contribution in [3.63, 3.8) is 0 Å². The number of anilines is 1. The van der Waals surface area contributed by atoms with Gasteiger partial charge in [-0.25, -0.2) is 4.39 Å². The fourth-order valence-corrected chi connectivity index (χ4v) is 3.40. The SMILES string of the molecule is O=C(O)CC1CN(C(=O)CCN2C(=O)CCc3cc(F)ccc32)CCO1. The molecule has 2 amide bonds. The Balaban J connectivity index is 1.61. The smallest absolute Gasteiger partial charge is 0.306 e. The maximum absolute atomic E-state index is 13.4. The third-order valence-electron chi connectivity index (χ3n) is 4.68. The summed E-state index contributed by atoms with van der Waals surface area (Å²) in [6.45, 7) is 1.16. The van der Waals surface area contributed by atoms with Crippen molar-refractivity contribution in [2.45, 2.75) is 31.8 Å². The van der Waals surface area contributed by atoms with E-state index in [-0.39, 0.29) is 43.6 Å². The molecular weight excluding hydrogens is 343 g/mol. The van der Waals surface area contributed by atoms with E-state index >= 15 is 0 Å². The number of carbonyl (C=O) groups is 3. The highest BCUT2D eigenvalue weighted by Crippen LogP contribution is 2.28. The Hall–Kier alpha value is -2.48. The second-order valence-electron chi connectivity index (χ2n) is 6.50. The average Bonchev–Trinajstić information content (AvgIpc) is 2.60. The fraction of sp³-hybridized carbons (Fsp3) is 0.500. The molecule has 1 saturated heterocycles. The molecule has 0 radical (unpaired) electrons. The minimum absolute atomic E-state index is 0.0809. The van der Waals surface area contributed by atoms with Gasteiger partial charge in [-0.3, -0.25) is 14.4 Å². The van der Waals surface area contributed by atoms with Gasteiger partial charge in [0.2, 0.25) is 11.8 Å². The molecule has 0 spiro atoms. The monoisotopic (exact) mass is 364 g/mol. The lowest BCUT2D eigenvalue weighted by Gasteiger charge is -2.34. The van der Waals surface area contributed by atoms with Gasteiger partial charge in [-0.05, 0) is 30.2 Å². The van der Waals surface area contributed by atoms with Crippen molar-refractivity contribution >= 4 is 23.5 Å². The Bertz CT molecular complexity index is 724. The third-order valence-corrected chi connectivity index (χ3v) is 4.68. The van der Waals surface area contributed by atoms with Crippen LogP contribution in [-0.2, 0) is 25.5 Å². The van der Waals surface area contributed by atoms with E-state index in [4.69, 9.17) is 9.84 Å². The van der Waals surface area contributed by atoms with Crippen LogP contribution in [0.3, 0.4) is 0 Å². The molecule has 1 aromatic rings. The van der Waals surface area contributed by atoms with Crippen molar-refractivity contribution < 1.29 is 28.6 Å². The number of benzene rings is 1. The minimum Gasteiger partial charge on any atom is -0.481 e. The van der Waals surface area contributed by atoms with Crippen molar-refractivity contribution in [2.24, 2.45) is 0 Å². The second kappa shape index (κ2) is 7.82. The molecule has 2 aliphatic heterocycles. The summed E-state index contributed by atoms with van der Waals surface area (Å²) < 4.78 is 18.7. The number of morpholine rings is 1. The number of halogens is 1. The number of carboxylic acids is 1. The van der Waals surface area contributed by atoms with Gasteiger partial charge >= 0.3 is 5.97 Å². The standard InChI is InChI=1S/C18H21FN2O5/c19-13-2-3-15-12(9-13)1-4-17(23)21(15)6-5-16(22)20-7-8-26-14(11-20)10-18(24)25/h2-3,9,14H,1,4-8,10-11H2,(H,24,25). The first kappa shape index (κ1) is 18.3. The summed E-state index contributed by atoms with van der Waals surface area (Å²) in [5, 5.41) is 8.85. The van der Waals surface area contributed by atoms with Crippen LogP contribution in [-0.4, -0.2) is 60.1 Å². The summed E-state index contributed by atoms with van der Waals surface area (Å²) in [7, 11) is 0. The van der Waals surface area contributed by atoms with E-state index in [1.54, 1.807) is 11.0 Å². The lowest BCUT2D eigenvalue weighted by Crippen LogP contribution is -2.47. The van der Waals surface area contributed by atoms with Crippen LogP contribution in [0.2, 0.25) is 0 Å². The predicted molar refractivity (Wildman–Crippen MR) is 90.3 cm³/mol. The minimum atomic E-state index is -0.966. The van der Waals surface area contributed by atoms with E-state index in [9.17, 15) is 18.8 Å². The quantitative estimate of drug-likeness (QED) is 0.848. The molecular formula is C18H21FN2O5. The van der Waals surface area contributed by atoms with Crippen LogP contribution in [0, 0.1) is 5.82 Å². The van der Waals surface area contributed by atoms with E-state index in [0.29, 0.717) is 31.7 Å². The lowest BCUT2D eigenvalue weighted by atomic mass is 10.0. The summed E-state index contributed by atoms with van der Waals surface area (Å²) in [4.78, 5) is 38.6. The van der Waals surface area contributed by atoms with Crippen LogP contribution < -0.4 is 4.90 Å². The van der Waals surface area contributed by atoms with Gasteiger partial charge in [-0.15, -0.1) is 0 Å². The zero-order chi connectivity index (χ0) is 18.7. The number of carbonyl (C=O) groups excluding carboxylic acids is 2. The number of nitrogens with zero attached hydrogens (tertiary/aromatic N) is 2. The molecule has 1 atom stereocenters. The fourth-order valence-electron chi connectivity index (χ4n) is 3.40. The normalized spacial score (nSPS) is 20.0. The molecule has 1 N–H and O–H groups in total. The van der Waals surface area contributed by atoms with Crippen LogP contribution in [0.5, 0.6) is 0 Å². The second-order valence-corrected chi connectivity index (χ2v) is 6.50. The lowest BCUT2D eigenvalue weighted by molar-refractivity contribution is -0.147. The summed E-state index contributed by atoms with van der Waals surface area (Å²) >= 11 is 0. The molecule has 1 aromatic carbocycles. The van der Waals surface area contributed by atoms with Crippen molar-refractivity contribution in [1.29, 1.82) is 0 Å². The molecule has 0 aliphatic carbocycles. The van der Waals surface area contributed by atoms with E-state index in [0.717, 1.165) is 5.56 Å². The number of rotatable bonds is 5. The Morgan fingerprint density at radius 1 is 1.31 bits per heavy atom. The zero-order valence-corrected chi connectivity index (χ0v) is 14.3. The van der Waals surface area contributed by atoms with E-state index in [1.165, 1.54) is 17.0 Å². The number of aryl methyl sites for hydroxylation is 1. The van der Waals surface area contributed by atoms with Crippen molar-refractivity contribution in [3.05, 3.63) is 29.6 Å². The first-order valence-electron chi connectivity index (χ1n) is 8.64. The van der Waals surface area contributed by atoms with Crippen LogP contribution in [0.1, 0.15) is 24.8 Å². The highest BCUT2D eigenvalue weighted by molar-refractivity contribution is 5.97. The molecule has 1 unspecified atom stereocenters. The number of aliphatic carboxylic acids is 1. The number of hydrogen-bond acceptors (Lipinski definition) is 4. The van der Waals surface area contributed by atoms with Gasteiger partial charge < -0.3 is 19.6 Å². The van der Waals surface area contributed by atoms with E-state index < -0.39 is 12.1 Å². The number of ether oxygens (including phenoxy) is 1. The van der Waals surface area contributed by atoms with Gasteiger partial charge in [-0.1, -0.05) is 0 Å². The van der Waals surface area contributed by atoms with Gasteiger partial charge in [0.1, 0.15) is 5.82 Å². The summed E-state index contributed by atoms with van der Waals surface area (Å²) in [5.74, 6) is -1.53. The molecule has 26 heavy (non-hydrogen) atoms. The van der Waals surface area contributed by atoms with Crippen molar-refractivity contribution in [2.75, 3.05) is 31.1 Å². The van der Waals surface area contributed by atoms with Crippen LogP contribution in [0.15, 0.2) is 18.2 Å². The predicted octanol–water partition coefficient (Wildman–Crippen LogP) is 1.20. The molecule has 0 bridgehead atoms. The van der Waals surface area contributed by atoms with Gasteiger partial charge in [0.25, 0.3) is 0 Å². The Labute approximate surface area is 150 Å². The third kappa shape index (κ3) is 4.19. The largest absolute Gasteiger partial charge is 0.481 e. The molecule has 2 heterocycles. The summed E-state index contributed by atoms with van der Waals surface area (Å²) in [6.07, 6.45) is 0.264. The zero-order valence-electron chi connectivity index (χ0n) is 14.3. The number of carboxylic acid groups (broad SMARTS) is 1. The summed E-state index contributed by atoms with van der Waals surface area (Å²) in [6, 6.07) is 4.31. The van der Waals surface area contributed by atoms with Gasteiger partial charge in [0, 0.05) is 38.2 Å². The van der Waals surface area contributed by atoms with Crippen molar-refractivity contribution in [3.8, 4) is 0 Å². The Morgan fingerprint density at radius 2 is 2.12 bits per heavy atom. The number of hydrogen-bond donors (Lipinski definition) is 1. The van der Waals surface area contributed by atoms with Crippen molar-refractivity contribution in [1.82, 2.24) is 4.90 Å². The summed E-state index contributed by atoms with van der Waals surface area (Å²) in [5.41, 5.74) is 1.42. The first-order valence-corrected chi connectivity index (χ1v) is 8.64. The van der Waals surface area contributed by atoms with Gasteiger partial charge in [0.15, 0.2) is 0 Å². The topological polar surface area (TPSA) is 87.2 Å². The van der Waals surface area contributed by atoms with Crippen LogP contribution in [0.25, 0.3) is 0 Å². The van der Waals surface area contributed by atoms with E-state index in [2.05, 4.69) is 0 Å². The number of amides is 2. The molecule has 1 fully saturated rings. The highest BCUT2D eigenvalue weighted by Gasteiger charge is 2.28. The Morgan fingerprint density at radius 3 is 2.88 bits per heavy atom.